The van der Waals surface area contributed by atoms with Gasteiger partial charge in [-0.15, -0.1) is 11.3 Å². The molecule has 84 valence electrons. The highest BCUT2D eigenvalue weighted by molar-refractivity contribution is 7.10. The van der Waals surface area contributed by atoms with E-state index >= 15 is 0 Å². The monoisotopic (exact) mass is 232 g/mol. The Morgan fingerprint density at radius 3 is 2.62 bits per heavy atom. The summed E-state index contributed by atoms with van der Waals surface area (Å²) in [4.78, 5) is 1.31. The van der Waals surface area contributed by atoms with Crippen LogP contribution in [0.3, 0.4) is 0 Å². The molecule has 1 unspecified atom stereocenters. The Morgan fingerprint density at radius 1 is 1.25 bits per heavy atom. The molecule has 0 saturated heterocycles. The van der Waals surface area contributed by atoms with Crippen LogP contribution in [0, 0.1) is 13.8 Å². The van der Waals surface area contributed by atoms with Gasteiger partial charge < -0.3 is 0 Å². The van der Waals surface area contributed by atoms with Crippen molar-refractivity contribution in [2.45, 2.75) is 19.9 Å². The first kappa shape index (κ1) is 11.3. The molecule has 0 aliphatic heterocycles. The number of nitrogens with one attached hydrogen (secondary N) is 1. The van der Waals surface area contributed by atoms with Gasteiger partial charge in [-0.1, -0.05) is 29.8 Å². The van der Waals surface area contributed by atoms with Crippen LogP contribution in [0.2, 0.25) is 0 Å². The average Bonchev–Trinajstić information content (AvgIpc) is 2.67. The Kier molecular flexibility index (Phi) is 3.39. The fourth-order valence-electron chi connectivity index (χ4n) is 1.91. The number of aryl methyl sites for hydroxylation is 2. The van der Waals surface area contributed by atoms with Crippen LogP contribution in [0.5, 0.6) is 0 Å². The largest absolute Gasteiger partial charge is 0.271 e. The molecule has 0 radical (unpaired) electrons. The summed E-state index contributed by atoms with van der Waals surface area (Å²) in [5.41, 5.74) is 6.62. The zero-order valence-electron chi connectivity index (χ0n) is 9.53. The maximum absolute atomic E-state index is 5.67. The van der Waals surface area contributed by atoms with Crippen molar-refractivity contribution in [1.29, 1.82) is 0 Å². The summed E-state index contributed by atoms with van der Waals surface area (Å²) in [7, 11) is 0. The molecular formula is C13H16N2S. The van der Waals surface area contributed by atoms with Crippen LogP contribution in [-0.2, 0) is 0 Å². The number of hydrazine groups is 1. The average molecular weight is 232 g/mol. The van der Waals surface area contributed by atoms with Gasteiger partial charge in [0, 0.05) is 4.88 Å². The molecule has 0 aliphatic carbocycles. The molecule has 0 spiro atoms. The number of thiophene rings is 1. The lowest BCUT2D eigenvalue weighted by Crippen LogP contribution is -2.28. The predicted octanol–water partition coefficient (Wildman–Crippen LogP) is 2.92. The molecule has 3 heteroatoms. The maximum atomic E-state index is 5.67. The van der Waals surface area contributed by atoms with Crippen LogP contribution in [0.1, 0.15) is 27.6 Å². The van der Waals surface area contributed by atoms with Gasteiger partial charge in [-0.2, -0.15) is 0 Å². The third-order valence-corrected chi connectivity index (χ3v) is 3.61. The molecule has 0 amide bonds. The van der Waals surface area contributed by atoms with Gasteiger partial charge in [-0.05, 0) is 36.4 Å². The van der Waals surface area contributed by atoms with Crippen LogP contribution in [-0.4, -0.2) is 0 Å². The summed E-state index contributed by atoms with van der Waals surface area (Å²) in [5.74, 6) is 5.67. The van der Waals surface area contributed by atoms with E-state index in [1.807, 2.05) is 0 Å². The number of hydrogen-bond donors (Lipinski definition) is 2. The predicted molar refractivity (Wildman–Crippen MR) is 69.4 cm³/mol. The standard InChI is InChI=1S/C13H16N2S/c1-9-4-3-5-11(8-9)13(15-14)12-6-7-16-10(12)2/h3-8,13,15H,14H2,1-2H3. The van der Waals surface area contributed by atoms with Gasteiger partial charge in [0.15, 0.2) is 0 Å². The summed E-state index contributed by atoms with van der Waals surface area (Å²) < 4.78 is 0. The molecule has 1 heterocycles. The van der Waals surface area contributed by atoms with Gasteiger partial charge in [-0.3, -0.25) is 5.84 Å². The van der Waals surface area contributed by atoms with Crippen molar-refractivity contribution in [3.05, 3.63) is 57.3 Å². The quantitative estimate of drug-likeness (QED) is 0.631. The highest BCUT2D eigenvalue weighted by atomic mass is 32.1. The number of hydrogen-bond acceptors (Lipinski definition) is 3. The van der Waals surface area contributed by atoms with Crippen LogP contribution < -0.4 is 11.3 Å². The van der Waals surface area contributed by atoms with Crippen molar-refractivity contribution in [3.63, 3.8) is 0 Å². The second-order valence-corrected chi connectivity index (χ2v) is 5.07. The molecule has 2 rings (SSSR count). The van der Waals surface area contributed by atoms with Crippen molar-refractivity contribution in [3.8, 4) is 0 Å². The molecule has 1 aromatic heterocycles. The zero-order valence-corrected chi connectivity index (χ0v) is 10.3. The molecule has 0 aliphatic rings. The third kappa shape index (κ3) is 2.16. The zero-order chi connectivity index (χ0) is 11.5. The topological polar surface area (TPSA) is 38.0 Å². The van der Waals surface area contributed by atoms with E-state index in [2.05, 4.69) is 55.0 Å². The Labute approximate surface area is 100 Å². The molecule has 2 aromatic rings. The Bertz CT molecular complexity index is 476. The van der Waals surface area contributed by atoms with E-state index in [1.54, 1.807) is 11.3 Å². The fourth-order valence-corrected chi connectivity index (χ4v) is 2.65. The van der Waals surface area contributed by atoms with E-state index in [1.165, 1.54) is 21.6 Å². The van der Waals surface area contributed by atoms with E-state index in [9.17, 15) is 0 Å². The van der Waals surface area contributed by atoms with E-state index in [0.29, 0.717) is 0 Å². The second kappa shape index (κ2) is 4.78. The first-order valence-electron chi connectivity index (χ1n) is 5.29. The van der Waals surface area contributed by atoms with E-state index in [-0.39, 0.29) is 6.04 Å². The SMILES string of the molecule is Cc1cccc(C(NN)c2ccsc2C)c1. The molecule has 3 N–H and O–H groups in total. The van der Waals surface area contributed by atoms with Gasteiger partial charge in [0.25, 0.3) is 0 Å². The van der Waals surface area contributed by atoms with Gasteiger partial charge in [0.2, 0.25) is 0 Å². The lowest BCUT2D eigenvalue weighted by molar-refractivity contribution is 0.636. The highest BCUT2D eigenvalue weighted by Crippen LogP contribution is 2.27. The molecule has 1 atom stereocenters. The fraction of sp³-hybridized carbons (Fsp3) is 0.231. The molecule has 1 aromatic carbocycles. The first-order chi connectivity index (χ1) is 7.72. The minimum Gasteiger partial charge on any atom is -0.271 e. The highest BCUT2D eigenvalue weighted by Gasteiger charge is 2.15. The normalized spacial score (nSPS) is 12.7. The number of rotatable bonds is 3. The lowest BCUT2D eigenvalue weighted by atomic mass is 9.99. The summed E-state index contributed by atoms with van der Waals surface area (Å²) in [6.07, 6.45) is 0. The van der Waals surface area contributed by atoms with Gasteiger partial charge in [0.05, 0.1) is 6.04 Å². The number of nitrogens with two attached hydrogens (primary N) is 1. The van der Waals surface area contributed by atoms with Crippen molar-refractivity contribution in [2.24, 2.45) is 5.84 Å². The summed E-state index contributed by atoms with van der Waals surface area (Å²) in [6, 6.07) is 10.7. The summed E-state index contributed by atoms with van der Waals surface area (Å²) >= 11 is 1.75. The molecular weight excluding hydrogens is 216 g/mol. The smallest absolute Gasteiger partial charge is 0.0720 e. The summed E-state index contributed by atoms with van der Waals surface area (Å²) in [5, 5.41) is 2.10. The van der Waals surface area contributed by atoms with E-state index in [0.717, 1.165) is 0 Å². The third-order valence-electron chi connectivity index (χ3n) is 2.75. The molecule has 0 saturated carbocycles. The minimum atomic E-state index is 0.0890. The Hall–Kier alpha value is -1.16. The summed E-state index contributed by atoms with van der Waals surface area (Å²) in [6.45, 7) is 4.22. The maximum Gasteiger partial charge on any atom is 0.0720 e. The Balaban J connectivity index is 2.40. The van der Waals surface area contributed by atoms with Crippen LogP contribution >= 0.6 is 11.3 Å². The van der Waals surface area contributed by atoms with E-state index < -0.39 is 0 Å². The molecule has 16 heavy (non-hydrogen) atoms. The van der Waals surface area contributed by atoms with Gasteiger partial charge in [0.1, 0.15) is 0 Å². The minimum absolute atomic E-state index is 0.0890. The van der Waals surface area contributed by atoms with Gasteiger partial charge in [-0.25, -0.2) is 5.43 Å². The lowest BCUT2D eigenvalue weighted by Gasteiger charge is -2.17. The molecule has 0 bridgehead atoms. The molecule has 0 fully saturated rings. The van der Waals surface area contributed by atoms with Crippen LogP contribution in [0.4, 0.5) is 0 Å². The van der Waals surface area contributed by atoms with E-state index in [4.69, 9.17) is 5.84 Å². The van der Waals surface area contributed by atoms with Crippen molar-refractivity contribution < 1.29 is 0 Å². The van der Waals surface area contributed by atoms with Crippen molar-refractivity contribution >= 4 is 11.3 Å². The first-order valence-corrected chi connectivity index (χ1v) is 6.17. The van der Waals surface area contributed by atoms with Gasteiger partial charge >= 0.3 is 0 Å². The van der Waals surface area contributed by atoms with Crippen molar-refractivity contribution in [1.82, 2.24) is 5.43 Å². The van der Waals surface area contributed by atoms with Crippen LogP contribution in [0.15, 0.2) is 35.7 Å². The van der Waals surface area contributed by atoms with Crippen molar-refractivity contribution in [2.75, 3.05) is 0 Å². The Morgan fingerprint density at radius 2 is 2.06 bits per heavy atom. The molecule has 2 nitrogen and oxygen atoms in total. The number of benzene rings is 1. The van der Waals surface area contributed by atoms with Crippen LogP contribution in [0.25, 0.3) is 0 Å². The second-order valence-electron chi connectivity index (χ2n) is 3.95.